The molecule has 0 fully saturated rings. The third-order valence-corrected chi connectivity index (χ3v) is 4.64. The van der Waals surface area contributed by atoms with E-state index in [1.54, 1.807) is 25.1 Å². The summed E-state index contributed by atoms with van der Waals surface area (Å²) in [6, 6.07) is 8.58. The Balaban J connectivity index is 1.94. The molecule has 0 amide bonds. The summed E-state index contributed by atoms with van der Waals surface area (Å²) in [5.74, 6) is -0.646. The van der Waals surface area contributed by atoms with Crippen molar-refractivity contribution in [2.45, 2.75) is 13.5 Å². The topological polar surface area (TPSA) is 118 Å². The van der Waals surface area contributed by atoms with E-state index in [0.29, 0.717) is 21.0 Å². The number of nitrogens with zero attached hydrogens (tertiary/aromatic N) is 1. The Kier molecular flexibility index (Phi) is 6.36. The molecule has 0 bridgehead atoms. The van der Waals surface area contributed by atoms with Crippen molar-refractivity contribution in [2.75, 3.05) is 13.7 Å². The number of rotatable bonds is 7. The summed E-state index contributed by atoms with van der Waals surface area (Å²) < 4.78 is 21.6. The predicted molar refractivity (Wildman–Crippen MR) is 110 cm³/mol. The Labute approximate surface area is 178 Å². The number of nitro benzene ring substituents is 1. The minimum absolute atomic E-state index is 0.139. The molecule has 0 aliphatic heterocycles. The molecule has 30 heavy (non-hydrogen) atoms. The summed E-state index contributed by atoms with van der Waals surface area (Å²) in [7, 11) is 1.35. The first kappa shape index (κ1) is 21.3. The molecule has 0 spiro atoms. The van der Waals surface area contributed by atoms with Gasteiger partial charge in [0.15, 0.2) is 11.5 Å². The number of esters is 1. The van der Waals surface area contributed by atoms with Gasteiger partial charge in [-0.15, -0.1) is 0 Å². The predicted octanol–water partition coefficient (Wildman–Crippen LogP) is 4.23. The number of hydrogen-bond acceptors (Lipinski definition) is 8. The van der Waals surface area contributed by atoms with Crippen molar-refractivity contribution in [3.63, 3.8) is 0 Å². The zero-order valence-electron chi connectivity index (χ0n) is 16.0. The number of methoxy groups -OCH3 is 1. The molecule has 10 heteroatoms. The van der Waals surface area contributed by atoms with Crippen LogP contribution >= 0.6 is 15.9 Å². The highest BCUT2D eigenvalue weighted by molar-refractivity contribution is 9.10. The van der Waals surface area contributed by atoms with Crippen molar-refractivity contribution < 1.29 is 28.3 Å². The van der Waals surface area contributed by atoms with Gasteiger partial charge in [0.1, 0.15) is 17.8 Å². The minimum Gasteiger partial charge on any atom is -0.493 e. The number of benzene rings is 2. The van der Waals surface area contributed by atoms with Crippen LogP contribution in [0.4, 0.5) is 5.69 Å². The third-order valence-electron chi connectivity index (χ3n) is 4.15. The lowest BCUT2D eigenvalue weighted by atomic mass is 10.1. The Morgan fingerprint density at radius 3 is 2.63 bits per heavy atom. The van der Waals surface area contributed by atoms with Crippen molar-refractivity contribution in [1.29, 1.82) is 0 Å². The van der Waals surface area contributed by atoms with Gasteiger partial charge in [0.2, 0.25) is 0 Å². The zero-order chi connectivity index (χ0) is 21.8. The summed E-state index contributed by atoms with van der Waals surface area (Å²) in [6.45, 7) is 1.69. The van der Waals surface area contributed by atoms with Crippen molar-refractivity contribution in [3.05, 3.63) is 72.5 Å². The van der Waals surface area contributed by atoms with Crippen LogP contribution < -0.4 is 15.1 Å². The van der Waals surface area contributed by atoms with Crippen LogP contribution in [0, 0.1) is 10.1 Å². The molecule has 0 atom stereocenters. The maximum absolute atomic E-state index is 12.6. The lowest BCUT2D eigenvalue weighted by Gasteiger charge is -2.12. The largest absolute Gasteiger partial charge is 0.493 e. The molecule has 2 aromatic carbocycles. The average molecular weight is 478 g/mol. The maximum Gasteiger partial charge on any atom is 0.345 e. The molecule has 0 aliphatic rings. The fourth-order valence-electron chi connectivity index (χ4n) is 2.84. The number of carbonyl (C=O) groups excluding carboxylic acids is 1. The standard InChI is InChI=1S/C20H16BrNO8/c1-3-28-18-9-15(22(25)26)14(8-17(18)27-2)20(24)29-10-11-6-19(23)30-16-7-12(21)4-5-13(11)16/h4-9H,3,10H2,1-2H3. The van der Waals surface area contributed by atoms with Crippen LogP contribution in [0.25, 0.3) is 11.0 Å². The van der Waals surface area contributed by atoms with Gasteiger partial charge in [0.25, 0.3) is 5.69 Å². The van der Waals surface area contributed by atoms with Crippen molar-refractivity contribution >= 4 is 38.6 Å². The summed E-state index contributed by atoms with van der Waals surface area (Å²) >= 11 is 3.29. The maximum atomic E-state index is 12.6. The van der Waals surface area contributed by atoms with E-state index in [1.165, 1.54) is 19.2 Å². The molecule has 0 radical (unpaired) electrons. The number of nitro groups is 1. The average Bonchev–Trinajstić information content (AvgIpc) is 2.71. The van der Waals surface area contributed by atoms with Crippen molar-refractivity contribution in [2.24, 2.45) is 0 Å². The highest BCUT2D eigenvalue weighted by Gasteiger charge is 2.26. The Hall–Kier alpha value is -3.40. The van der Waals surface area contributed by atoms with Crippen LogP contribution in [0.15, 0.2) is 50.1 Å². The second kappa shape index (κ2) is 8.95. The highest BCUT2D eigenvalue weighted by Crippen LogP contribution is 2.35. The van der Waals surface area contributed by atoms with E-state index in [2.05, 4.69) is 15.9 Å². The molecule has 9 nitrogen and oxygen atoms in total. The van der Waals surface area contributed by atoms with E-state index in [9.17, 15) is 19.7 Å². The molecular weight excluding hydrogens is 462 g/mol. The third kappa shape index (κ3) is 4.43. The van der Waals surface area contributed by atoms with Crippen LogP contribution in [-0.4, -0.2) is 24.6 Å². The molecule has 3 aromatic rings. The van der Waals surface area contributed by atoms with Gasteiger partial charge >= 0.3 is 11.6 Å². The normalized spacial score (nSPS) is 10.6. The smallest absolute Gasteiger partial charge is 0.345 e. The van der Waals surface area contributed by atoms with E-state index in [0.717, 1.165) is 6.07 Å². The van der Waals surface area contributed by atoms with Gasteiger partial charge in [-0.1, -0.05) is 15.9 Å². The second-order valence-electron chi connectivity index (χ2n) is 6.02. The van der Waals surface area contributed by atoms with Gasteiger partial charge in [0.05, 0.1) is 24.7 Å². The van der Waals surface area contributed by atoms with E-state index >= 15 is 0 Å². The molecular formula is C20H16BrNO8. The van der Waals surface area contributed by atoms with Gasteiger partial charge in [-0.2, -0.15) is 0 Å². The van der Waals surface area contributed by atoms with Gasteiger partial charge in [-0.3, -0.25) is 10.1 Å². The monoisotopic (exact) mass is 477 g/mol. The molecule has 1 heterocycles. The van der Waals surface area contributed by atoms with E-state index in [1.807, 2.05) is 0 Å². The zero-order valence-corrected chi connectivity index (χ0v) is 17.6. The van der Waals surface area contributed by atoms with Gasteiger partial charge in [0, 0.05) is 27.6 Å². The summed E-state index contributed by atoms with van der Waals surface area (Å²) in [5.41, 5.74) is -0.666. The Morgan fingerprint density at radius 2 is 1.97 bits per heavy atom. The molecule has 0 unspecified atom stereocenters. The summed E-state index contributed by atoms with van der Waals surface area (Å²) in [6.07, 6.45) is 0. The molecule has 0 saturated carbocycles. The summed E-state index contributed by atoms with van der Waals surface area (Å²) in [5, 5.41) is 12.0. The van der Waals surface area contributed by atoms with Crippen LogP contribution in [0.1, 0.15) is 22.8 Å². The minimum atomic E-state index is -0.943. The SMILES string of the molecule is CCOc1cc([N+](=O)[O-])c(C(=O)OCc2cc(=O)oc3cc(Br)ccc23)cc1OC. The van der Waals surface area contributed by atoms with E-state index < -0.39 is 22.2 Å². The van der Waals surface area contributed by atoms with Crippen molar-refractivity contribution in [3.8, 4) is 11.5 Å². The van der Waals surface area contributed by atoms with E-state index in [4.69, 9.17) is 18.6 Å². The fraction of sp³-hybridized carbons (Fsp3) is 0.200. The lowest BCUT2D eigenvalue weighted by Crippen LogP contribution is -2.11. The Morgan fingerprint density at radius 1 is 1.20 bits per heavy atom. The molecule has 0 N–H and O–H groups in total. The number of ether oxygens (including phenoxy) is 3. The first-order valence-electron chi connectivity index (χ1n) is 8.72. The van der Waals surface area contributed by atoms with Gasteiger partial charge < -0.3 is 18.6 Å². The van der Waals surface area contributed by atoms with Gasteiger partial charge in [-0.05, 0) is 25.1 Å². The second-order valence-corrected chi connectivity index (χ2v) is 6.93. The van der Waals surface area contributed by atoms with Crippen LogP contribution in [-0.2, 0) is 11.3 Å². The molecule has 1 aromatic heterocycles. The highest BCUT2D eigenvalue weighted by atomic mass is 79.9. The molecule has 3 rings (SSSR count). The molecule has 0 aliphatic carbocycles. The number of fused-ring (bicyclic) bond motifs is 1. The van der Waals surface area contributed by atoms with Crippen molar-refractivity contribution in [1.82, 2.24) is 0 Å². The van der Waals surface area contributed by atoms with Gasteiger partial charge in [-0.25, -0.2) is 9.59 Å². The Bertz CT molecular complexity index is 1190. The number of carbonyl (C=O) groups is 1. The van der Waals surface area contributed by atoms with Crippen LogP contribution in [0.3, 0.4) is 0 Å². The van der Waals surface area contributed by atoms with E-state index in [-0.39, 0.29) is 30.3 Å². The van der Waals surface area contributed by atoms with Crippen LogP contribution in [0.2, 0.25) is 0 Å². The number of halogens is 1. The first-order valence-corrected chi connectivity index (χ1v) is 9.52. The molecule has 0 saturated heterocycles. The summed E-state index contributed by atoms with van der Waals surface area (Å²) in [4.78, 5) is 35.2. The fourth-order valence-corrected chi connectivity index (χ4v) is 3.18. The first-order chi connectivity index (χ1) is 14.3. The molecule has 156 valence electrons. The number of hydrogen-bond donors (Lipinski definition) is 0. The quantitative estimate of drug-likeness (QED) is 0.214. The van der Waals surface area contributed by atoms with Crippen LogP contribution in [0.5, 0.6) is 11.5 Å². The lowest BCUT2D eigenvalue weighted by molar-refractivity contribution is -0.385.